The van der Waals surface area contributed by atoms with E-state index in [4.69, 9.17) is 5.73 Å². The van der Waals surface area contributed by atoms with Crippen molar-refractivity contribution in [3.63, 3.8) is 0 Å². The predicted octanol–water partition coefficient (Wildman–Crippen LogP) is 0.816. The molecule has 14 heavy (non-hydrogen) atoms. The van der Waals surface area contributed by atoms with Gasteiger partial charge in [-0.1, -0.05) is 6.92 Å². The highest BCUT2D eigenvalue weighted by molar-refractivity contribution is 7.92. The standard InChI is InChI=1S/C8H13N3O2S/c1-2-5-14(12,13)11-8-4-3-7(9)6-10-8/h3-4,6H,2,5,9H2,1H3,(H,10,11). The number of hydrogen-bond donors (Lipinski definition) is 2. The van der Waals surface area contributed by atoms with Crippen LogP contribution in [0, 0.1) is 0 Å². The number of nitrogens with two attached hydrogens (primary N) is 1. The van der Waals surface area contributed by atoms with Gasteiger partial charge in [0, 0.05) is 0 Å². The fourth-order valence-electron chi connectivity index (χ4n) is 0.945. The van der Waals surface area contributed by atoms with E-state index in [1.807, 2.05) is 0 Å². The Bertz CT molecular complexity index is 386. The number of nitrogens with one attached hydrogen (secondary N) is 1. The molecule has 78 valence electrons. The van der Waals surface area contributed by atoms with Crippen LogP contribution in [0.1, 0.15) is 13.3 Å². The summed E-state index contributed by atoms with van der Waals surface area (Å²) in [7, 11) is -3.25. The van der Waals surface area contributed by atoms with E-state index in [-0.39, 0.29) is 5.75 Å². The third-order valence-corrected chi connectivity index (χ3v) is 2.99. The van der Waals surface area contributed by atoms with Crippen LogP contribution in [0.15, 0.2) is 18.3 Å². The van der Waals surface area contributed by atoms with Gasteiger partial charge in [-0.15, -0.1) is 0 Å². The van der Waals surface area contributed by atoms with Gasteiger partial charge in [0.05, 0.1) is 17.6 Å². The lowest BCUT2D eigenvalue weighted by Crippen LogP contribution is -2.16. The molecule has 0 fully saturated rings. The summed E-state index contributed by atoms with van der Waals surface area (Å²) < 4.78 is 25.0. The number of nitrogens with zero attached hydrogens (tertiary/aromatic N) is 1. The molecular weight excluding hydrogens is 202 g/mol. The Balaban J connectivity index is 2.74. The minimum atomic E-state index is -3.25. The number of sulfonamides is 1. The second kappa shape index (κ2) is 4.28. The van der Waals surface area contributed by atoms with Crippen LogP contribution in [0.25, 0.3) is 0 Å². The zero-order valence-corrected chi connectivity index (χ0v) is 8.71. The van der Waals surface area contributed by atoms with E-state index in [1.54, 1.807) is 13.0 Å². The molecule has 0 spiro atoms. The van der Waals surface area contributed by atoms with Gasteiger partial charge < -0.3 is 5.73 Å². The number of anilines is 2. The Morgan fingerprint density at radius 3 is 2.71 bits per heavy atom. The summed E-state index contributed by atoms with van der Waals surface area (Å²) in [5, 5.41) is 0. The maximum atomic E-state index is 11.3. The normalized spacial score (nSPS) is 11.2. The Morgan fingerprint density at radius 2 is 2.21 bits per heavy atom. The van der Waals surface area contributed by atoms with Crippen LogP contribution in [-0.2, 0) is 10.0 Å². The van der Waals surface area contributed by atoms with Gasteiger partial charge in [-0.25, -0.2) is 13.4 Å². The summed E-state index contributed by atoms with van der Waals surface area (Å²) in [4.78, 5) is 3.83. The fourth-order valence-corrected chi connectivity index (χ4v) is 2.02. The molecule has 0 radical (unpaired) electrons. The van der Waals surface area contributed by atoms with Gasteiger partial charge in [0.15, 0.2) is 0 Å². The van der Waals surface area contributed by atoms with Crippen LogP contribution in [0.2, 0.25) is 0 Å². The number of nitrogen functional groups attached to an aromatic ring is 1. The van der Waals surface area contributed by atoms with Crippen molar-refractivity contribution in [2.75, 3.05) is 16.2 Å². The molecule has 0 unspecified atom stereocenters. The van der Waals surface area contributed by atoms with Gasteiger partial charge >= 0.3 is 0 Å². The molecule has 1 aromatic rings. The highest BCUT2D eigenvalue weighted by Crippen LogP contribution is 2.08. The first-order chi connectivity index (χ1) is 6.53. The van der Waals surface area contributed by atoms with E-state index in [0.717, 1.165) is 0 Å². The first kappa shape index (κ1) is 10.8. The van der Waals surface area contributed by atoms with E-state index < -0.39 is 10.0 Å². The highest BCUT2D eigenvalue weighted by Gasteiger charge is 2.08. The molecule has 0 saturated carbocycles. The van der Waals surface area contributed by atoms with Crippen molar-refractivity contribution >= 4 is 21.5 Å². The van der Waals surface area contributed by atoms with Crippen LogP contribution in [-0.4, -0.2) is 19.2 Å². The Kier molecular flexibility index (Phi) is 3.29. The maximum Gasteiger partial charge on any atom is 0.233 e. The van der Waals surface area contributed by atoms with Crippen molar-refractivity contribution in [2.45, 2.75) is 13.3 Å². The molecule has 0 aliphatic carbocycles. The Morgan fingerprint density at radius 1 is 1.50 bits per heavy atom. The summed E-state index contributed by atoms with van der Waals surface area (Å²) in [5.41, 5.74) is 5.91. The number of hydrogen-bond acceptors (Lipinski definition) is 4. The van der Waals surface area contributed by atoms with Crippen molar-refractivity contribution in [1.82, 2.24) is 4.98 Å². The van der Waals surface area contributed by atoms with Crippen molar-refractivity contribution in [2.24, 2.45) is 0 Å². The second-order valence-corrected chi connectivity index (χ2v) is 4.74. The largest absolute Gasteiger partial charge is 0.397 e. The summed E-state index contributed by atoms with van der Waals surface area (Å²) in [6.45, 7) is 1.80. The highest BCUT2D eigenvalue weighted by atomic mass is 32.2. The third kappa shape index (κ3) is 3.21. The summed E-state index contributed by atoms with van der Waals surface area (Å²) in [6.07, 6.45) is 1.98. The monoisotopic (exact) mass is 215 g/mol. The van der Waals surface area contributed by atoms with Gasteiger partial charge in [-0.2, -0.15) is 0 Å². The molecule has 3 N–H and O–H groups in total. The lowest BCUT2D eigenvalue weighted by atomic mass is 10.4. The maximum absolute atomic E-state index is 11.3. The van der Waals surface area contributed by atoms with E-state index in [0.29, 0.717) is 17.9 Å². The van der Waals surface area contributed by atoms with E-state index in [9.17, 15) is 8.42 Å². The fraction of sp³-hybridized carbons (Fsp3) is 0.375. The van der Waals surface area contributed by atoms with Crippen LogP contribution in [0.5, 0.6) is 0 Å². The van der Waals surface area contributed by atoms with Crippen molar-refractivity contribution in [3.8, 4) is 0 Å². The molecule has 0 aliphatic rings. The molecule has 0 amide bonds. The molecule has 0 saturated heterocycles. The Labute approximate surface area is 83.4 Å². The summed E-state index contributed by atoms with van der Waals surface area (Å²) in [6, 6.07) is 3.12. The minimum Gasteiger partial charge on any atom is -0.397 e. The number of rotatable bonds is 4. The van der Waals surface area contributed by atoms with E-state index in [1.165, 1.54) is 12.3 Å². The lowest BCUT2D eigenvalue weighted by Gasteiger charge is -2.05. The predicted molar refractivity (Wildman–Crippen MR) is 56.3 cm³/mol. The number of aromatic nitrogens is 1. The van der Waals surface area contributed by atoms with E-state index >= 15 is 0 Å². The average Bonchev–Trinajstić information content (AvgIpc) is 2.08. The van der Waals surface area contributed by atoms with Crippen LogP contribution >= 0.6 is 0 Å². The van der Waals surface area contributed by atoms with Crippen molar-refractivity contribution in [3.05, 3.63) is 18.3 Å². The topological polar surface area (TPSA) is 85.1 Å². The van der Waals surface area contributed by atoms with Crippen LogP contribution in [0.3, 0.4) is 0 Å². The molecule has 5 nitrogen and oxygen atoms in total. The lowest BCUT2D eigenvalue weighted by molar-refractivity contribution is 0.599. The number of pyridine rings is 1. The van der Waals surface area contributed by atoms with Crippen LogP contribution in [0.4, 0.5) is 11.5 Å². The van der Waals surface area contributed by atoms with Crippen molar-refractivity contribution in [1.29, 1.82) is 0 Å². The molecular formula is C8H13N3O2S. The van der Waals surface area contributed by atoms with Crippen molar-refractivity contribution < 1.29 is 8.42 Å². The Hall–Kier alpha value is -1.30. The quantitative estimate of drug-likeness (QED) is 0.778. The molecule has 0 bridgehead atoms. The first-order valence-corrected chi connectivity index (χ1v) is 5.91. The van der Waals surface area contributed by atoms with E-state index in [2.05, 4.69) is 9.71 Å². The smallest absolute Gasteiger partial charge is 0.233 e. The van der Waals surface area contributed by atoms with Gasteiger partial charge in [0.2, 0.25) is 10.0 Å². The third-order valence-electron chi connectivity index (χ3n) is 1.52. The van der Waals surface area contributed by atoms with Crippen LogP contribution < -0.4 is 10.5 Å². The molecule has 0 atom stereocenters. The molecule has 1 aromatic heterocycles. The minimum absolute atomic E-state index is 0.0963. The van der Waals surface area contributed by atoms with Gasteiger partial charge in [-0.3, -0.25) is 4.72 Å². The zero-order valence-electron chi connectivity index (χ0n) is 7.90. The first-order valence-electron chi connectivity index (χ1n) is 4.25. The SMILES string of the molecule is CCCS(=O)(=O)Nc1ccc(N)cn1. The molecule has 0 aromatic carbocycles. The zero-order chi connectivity index (χ0) is 10.6. The molecule has 1 rings (SSSR count). The van der Waals surface area contributed by atoms with Gasteiger partial charge in [0.25, 0.3) is 0 Å². The summed E-state index contributed by atoms with van der Waals surface area (Å²) in [5.74, 6) is 0.395. The molecule has 6 heteroatoms. The summed E-state index contributed by atoms with van der Waals surface area (Å²) >= 11 is 0. The van der Waals surface area contributed by atoms with Gasteiger partial charge in [0.1, 0.15) is 5.82 Å². The van der Waals surface area contributed by atoms with Gasteiger partial charge in [-0.05, 0) is 18.6 Å². The molecule has 0 aliphatic heterocycles. The average molecular weight is 215 g/mol. The second-order valence-electron chi connectivity index (χ2n) is 2.90. The molecule has 1 heterocycles.